The van der Waals surface area contributed by atoms with Crippen molar-refractivity contribution in [1.82, 2.24) is 14.8 Å². The van der Waals surface area contributed by atoms with Crippen molar-refractivity contribution in [2.45, 2.75) is 0 Å². The largest absolute Gasteiger partial charge is 0.482 e. The molecule has 8 heteroatoms. The first-order valence-electron chi connectivity index (χ1n) is 6.96. The molecule has 0 saturated carbocycles. The van der Waals surface area contributed by atoms with Crippen molar-refractivity contribution < 1.29 is 9.53 Å². The van der Waals surface area contributed by atoms with E-state index >= 15 is 0 Å². The van der Waals surface area contributed by atoms with Gasteiger partial charge in [-0.1, -0.05) is 41.4 Å². The Bertz CT molecular complexity index is 853. The van der Waals surface area contributed by atoms with Crippen LogP contribution in [0.2, 0.25) is 10.0 Å². The molecule has 1 aromatic heterocycles. The summed E-state index contributed by atoms with van der Waals surface area (Å²) in [5.74, 6) is 0.0930. The Morgan fingerprint density at radius 3 is 2.67 bits per heavy atom. The van der Waals surface area contributed by atoms with E-state index in [0.29, 0.717) is 27.2 Å². The summed E-state index contributed by atoms with van der Waals surface area (Å²) < 4.78 is 6.90. The van der Waals surface area contributed by atoms with Crippen LogP contribution in [0.1, 0.15) is 0 Å². The molecule has 0 atom stereocenters. The molecule has 122 valence electrons. The molecule has 0 radical (unpaired) electrons. The van der Waals surface area contributed by atoms with Gasteiger partial charge in [0.15, 0.2) is 6.61 Å². The molecule has 3 rings (SSSR count). The van der Waals surface area contributed by atoms with Crippen LogP contribution >= 0.6 is 23.2 Å². The fourth-order valence-corrected chi connectivity index (χ4v) is 2.52. The highest BCUT2D eigenvalue weighted by molar-refractivity contribution is 6.33. The summed E-state index contributed by atoms with van der Waals surface area (Å²) in [4.78, 5) is 16.0. The third-order valence-electron chi connectivity index (χ3n) is 3.10. The third kappa shape index (κ3) is 3.67. The number of hydrogen-bond donors (Lipinski definition) is 1. The molecule has 0 bridgehead atoms. The van der Waals surface area contributed by atoms with Gasteiger partial charge in [-0.15, -0.1) is 0 Å². The number of nitrogens with one attached hydrogen (secondary N) is 1. The minimum atomic E-state index is -0.349. The molecule has 0 aliphatic carbocycles. The zero-order valence-electron chi connectivity index (χ0n) is 12.3. The van der Waals surface area contributed by atoms with E-state index in [4.69, 9.17) is 27.9 Å². The number of ether oxygens (including phenoxy) is 1. The molecule has 24 heavy (non-hydrogen) atoms. The van der Waals surface area contributed by atoms with Crippen LogP contribution < -0.4 is 10.1 Å². The van der Waals surface area contributed by atoms with E-state index in [1.54, 1.807) is 42.5 Å². The van der Waals surface area contributed by atoms with Crippen LogP contribution in [0.3, 0.4) is 0 Å². The summed E-state index contributed by atoms with van der Waals surface area (Å²) >= 11 is 12.2. The van der Waals surface area contributed by atoms with Gasteiger partial charge in [0.2, 0.25) is 0 Å². The second-order valence-corrected chi connectivity index (χ2v) is 5.56. The minimum absolute atomic E-state index is 0.187. The van der Waals surface area contributed by atoms with E-state index in [1.807, 2.05) is 0 Å². The lowest BCUT2D eigenvalue weighted by Gasteiger charge is -2.13. The van der Waals surface area contributed by atoms with Gasteiger partial charge in [-0.3, -0.25) is 4.79 Å². The lowest BCUT2D eigenvalue weighted by Crippen LogP contribution is -2.21. The van der Waals surface area contributed by atoms with Crippen molar-refractivity contribution >= 4 is 34.8 Å². The first-order valence-corrected chi connectivity index (χ1v) is 7.71. The van der Waals surface area contributed by atoms with Gasteiger partial charge in [-0.25, -0.2) is 9.67 Å². The second-order valence-electron chi connectivity index (χ2n) is 4.74. The molecule has 1 amide bonds. The van der Waals surface area contributed by atoms with E-state index < -0.39 is 0 Å². The Hall–Kier alpha value is -2.57. The SMILES string of the molecule is O=C(COc1ccccc1Cl)Nc1cccc(Cl)c1-n1cncn1. The molecule has 3 aromatic rings. The molecule has 0 fully saturated rings. The van der Waals surface area contributed by atoms with E-state index in [0.717, 1.165) is 0 Å². The van der Waals surface area contributed by atoms with Gasteiger partial charge in [0.25, 0.3) is 5.91 Å². The zero-order valence-corrected chi connectivity index (χ0v) is 13.8. The highest BCUT2D eigenvalue weighted by Crippen LogP contribution is 2.28. The van der Waals surface area contributed by atoms with Crippen LogP contribution in [0.25, 0.3) is 5.69 Å². The lowest BCUT2D eigenvalue weighted by molar-refractivity contribution is -0.118. The first-order chi connectivity index (χ1) is 11.6. The predicted octanol–water partition coefficient (Wildman–Crippen LogP) is 3.59. The van der Waals surface area contributed by atoms with E-state index in [9.17, 15) is 4.79 Å². The van der Waals surface area contributed by atoms with Gasteiger partial charge in [0.05, 0.1) is 15.7 Å². The molecular weight excluding hydrogens is 351 g/mol. The van der Waals surface area contributed by atoms with Crippen LogP contribution in [-0.4, -0.2) is 27.3 Å². The van der Waals surface area contributed by atoms with Crippen LogP contribution in [0.5, 0.6) is 5.75 Å². The van der Waals surface area contributed by atoms with Crippen LogP contribution in [0.15, 0.2) is 55.1 Å². The van der Waals surface area contributed by atoms with Crippen LogP contribution in [-0.2, 0) is 4.79 Å². The summed E-state index contributed by atoms with van der Waals surface area (Å²) in [5, 5.41) is 7.67. The molecule has 0 unspecified atom stereocenters. The average Bonchev–Trinajstić information content (AvgIpc) is 3.08. The molecule has 6 nitrogen and oxygen atoms in total. The summed E-state index contributed by atoms with van der Waals surface area (Å²) in [6.45, 7) is -0.187. The predicted molar refractivity (Wildman–Crippen MR) is 91.9 cm³/mol. The highest BCUT2D eigenvalue weighted by atomic mass is 35.5. The van der Waals surface area contributed by atoms with E-state index in [-0.39, 0.29) is 12.5 Å². The molecule has 0 saturated heterocycles. The van der Waals surface area contributed by atoms with Gasteiger partial charge < -0.3 is 10.1 Å². The van der Waals surface area contributed by atoms with Crippen molar-refractivity contribution in [1.29, 1.82) is 0 Å². The standard InChI is InChI=1S/C16H12Cl2N4O2/c17-11-4-1-2-7-14(11)24-8-15(23)21-13-6-3-5-12(18)16(13)22-10-19-9-20-22/h1-7,9-10H,8H2,(H,21,23). The zero-order chi connectivity index (χ0) is 16.9. The van der Waals surface area contributed by atoms with Crippen molar-refractivity contribution in [3.05, 3.63) is 65.2 Å². The quantitative estimate of drug-likeness (QED) is 0.752. The van der Waals surface area contributed by atoms with Crippen molar-refractivity contribution in [2.24, 2.45) is 0 Å². The number of anilines is 1. The number of nitrogens with zero attached hydrogens (tertiary/aromatic N) is 3. The molecule has 0 spiro atoms. The smallest absolute Gasteiger partial charge is 0.262 e. The Labute approximate surface area is 148 Å². The Morgan fingerprint density at radius 1 is 1.12 bits per heavy atom. The fraction of sp³-hybridized carbons (Fsp3) is 0.0625. The summed E-state index contributed by atoms with van der Waals surface area (Å²) in [5.41, 5.74) is 1.03. The van der Waals surface area contributed by atoms with E-state index in [2.05, 4.69) is 15.4 Å². The van der Waals surface area contributed by atoms with Gasteiger partial charge in [-0.05, 0) is 24.3 Å². The number of para-hydroxylation sites is 2. The maximum absolute atomic E-state index is 12.2. The normalized spacial score (nSPS) is 10.4. The number of carbonyl (C=O) groups excluding carboxylic acids is 1. The third-order valence-corrected chi connectivity index (χ3v) is 3.72. The molecule has 2 aromatic carbocycles. The summed E-state index contributed by atoms with van der Waals surface area (Å²) in [7, 11) is 0. The molecule has 1 N–H and O–H groups in total. The molecule has 1 heterocycles. The number of amides is 1. The van der Waals surface area contributed by atoms with Gasteiger partial charge in [0, 0.05) is 0 Å². The minimum Gasteiger partial charge on any atom is -0.482 e. The topological polar surface area (TPSA) is 69.0 Å². The molecule has 0 aliphatic heterocycles. The second kappa shape index (κ2) is 7.33. The monoisotopic (exact) mass is 362 g/mol. The Morgan fingerprint density at radius 2 is 1.92 bits per heavy atom. The van der Waals surface area contributed by atoms with Crippen LogP contribution in [0, 0.1) is 0 Å². The first kappa shape index (κ1) is 16.3. The molecule has 0 aliphatic rings. The average molecular weight is 363 g/mol. The highest BCUT2D eigenvalue weighted by Gasteiger charge is 2.13. The number of halogens is 2. The summed E-state index contributed by atoms with van der Waals surface area (Å²) in [6, 6.07) is 12.1. The number of hydrogen-bond acceptors (Lipinski definition) is 4. The van der Waals surface area contributed by atoms with Crippen molar-refractivity contribution in [3.8, 4) is 11.4 Å². The number of rotatable bonds is 5. The number of carbonyl (C=O) groups is 1. The lowest BCUT2D eigenvalue weighted by atomic mass is 10.2. The maximum Gasteiger partial charge on any atom is 0.262 e. The van der Waals surface area contributed by atoms with E-state index in [1.165, 1.54) is 17.3 Å². The fourth-order valence-electron chi connectivity index (χ4n) is 2.06. The molecular formula is C16H12Cl2N4O2. The van der Waals surface area contributed by atoms with Crippen molar-refractivity contribution in [2.75, 3.05) is 11.9 Å². The van der Waals surface area contributed by atoms with Gasteiger partial charge >= 0.3 is 0 Å². The number of aromatic nitrogens is 3. The summed E-state index contributed by atoms with van der Waals surface area (Å²) in [6.07, 6.45) is 2.88. The Balaban J connectivity index is 1.73. The van der Waals surface area contributed by atoms with Crippen molar-refractivity contribution in [3.63, 3.8) is 0 Å². The maximum atomic E-state index is 12.2. The Kier molecular flexibility index (Phi) is 4.98. The van der Waals surface area contributed by atoms with Gasteiger partial charge in [-0.2, -0.15) is 5.10 Å². The number of benzene rings is 2. The van der Waals surface area contributed by atoms with Crippen LogP contribution in [0.4, 0.5) is 5.69 Å². The van der Waals surface area contributed by atoms with Gasteiger partial charge in [0.1, 0.15) is 24.1 Å².